The van der Waals surface area contributed by atoms with Gasteiger partial charge in [-0.1, -0.05) is 47.0 Å². The smallest absolute Gasteiger partial charge is 0.224 e. The van der Waals surface area contributed by atoms with Crippen LogP contribution in [0.5, 0.6) is 0 Å². The lowest BCUT2D eigenvalue weighted by Crippen LogP contribution is -2.38. The average Bonchev–Trinajstić information content (AvgIpc) is 2.35. The van der Waals surface area contributed by atoms with Crippen LogP contribution in [0.15, 0.2) is 0 Å². The number of carbonyl (C=O) groups is 1. The van der Waals surface area contributed by atoms with Crippen LogP contribution in [0.4, 0.5) is 0 Å². The van der Waals surface area contributed by atoms with E-state index in [1.165, 1.54) is 19.3 Å². The fourth-order valence-electron chi connectivity index (χ4n) is 2.21. The molecule has 0 fully saturated rings. The lowest BCUT2D eigenvalue weighted by Gasteiger charge is -2.20. The minimum absolute atomic E-state index is 0.0197. The highest BCUT2D eigenvalue weighted by molar-refractivity contribution is 5.78. The van der Waals surface area contributed by atoms with Gasteiger partial charge in [-0.3, -0.25) is 4.79 Å². The van der Waals surface area contributed by atoms with Crippen LogP contribution in [0.1, 0.15) is 59.8 Å². The summed E-state index contributed by atoms with van der Waals surface area (Å²) in [5.41, 5.74) is 5.68. The number of amides is 1. The van der Waals surface area contributed by atoms with Crippen molar-refractivity contribution in [1.82, 2.24) is 5.32 Å². The molecular formula is C15H32N2O. The van der Waals surface area contributed by atoms with Crippen molar-refractivity contribution in [2.75, 3.05) is 13.1 Å². The number of carbonyl (C=O) groups excluding carboxylic acids is 1. The third-order valence-corrected chi connectivity index (χ3v) is 3.52. The summed E-state index contributed by atoms with van der Waals surface area (Å²) in [6, 6.07) is 0. The summed E-state index contributed by atoms with van der Waals surface area (Å²) in [6.07, 6.45) is 5.71. The van der Waals surface area contributed by atoms with Crippen LogP contribution < -0.4 is 11.1 Å². The molecule has 0 aliphatic heterocycles. The molecule has 0 aromatic heterocycles. The molecule has 2 atom stereocenters. The number of hydrogen-bond donors (Lipinski definition) is 2. The van der Waals surface area contributed by atoms with Crippen LogP contribution in [0.25, 0.3) is 0 Å². The quantitative estimate of drug-likeness (QED) is 0.631. The van der Waals surface area contributed by atoms with E-state index in [0.717, 1.165) is 19.4 Å². The first-order valence-corrected chi connectivity index (χ1v) is 7.52. The Labute approximate surface area is 113 Å². The van der Waals surface area contributed by atoms with Gasteiger partial charge in [-0.15, -0.1) is 0 Å². The molecule has 0 bridgehead atoms. The standard InChI is InChI=1S/C15H32N2O/c1-5-7-8-13(6-2)11-17-15(18)14(10-16)9-12(3)4/h12-14H,5-11,16H2,1-4H3,(H,17,18). The van der Waals surface area contributed by atoms with Gasteiger partial charge in [0.1, 0.15) is 0 Å². The van der Waals surface area contributed by atoms with Gasteiger partial charge >= 0.3 is 0 Å². The fraction of sp³-hybridized carbons (Fsp3) is 0.933. The third kappa shape index (κ3) is 7.70. The molecular weight excluding hydrogens is 224 g/mol. The normalized spacial score (nSPS) is 14.6. The Kier molecular flexibility index (Phi) is 10.0. The summed E-state index contributed by atoms with van der Waals surface area (Å²) in [5.74, 6) is 1.26. The second-order valence-corrected chi connectivity index (χ2v) is 5.72. The van der Waals surface area contributed by atoms with Crippen molar-refractivity contribution in [3.63, 3.8) is 0 Å². The highest BCUT2D eigenvalue weighted by Gasteiger charge is 2.18. The van der Waals surface area contributed by atoms with E-state index in [4.69, 9.17) is 5.73 Å². The van der Waals surface area contributed by atoms with Crippen LogP contribution in [0.2, 0.25) is 0 Å². The molecule has 0 saturated carbocycles. The van der Waals surface area contributed by atoms with E-state index in [2.05, 4.69) is 33.0 Å². The maximum Gasteiger partial charge on any atom is 0.224 e. The maximum atomic E-state index is 12.0. The van der Waals surface area contributed by atoms with Crippen LogP contribution in [0, 0.1) is 17.8 Å². The number of hydrogen-bond acceptors (Lipinski definition) is 2. The molecule has 1 amide bonds. The highest BCUT2D eigenvalue weighted by atomic mass is 16.1. The Hall–Kier alpha value is -0.570. The zero-order valence-electron chi connectivity index (χ0n) is 12.7. The van der Waals surface area contributed by atoms with E-state index in [1.54, 1.807) is 0 Å². The number of nitrogens with one attached hydrogen (secondary N) is 1. The van der Waals surface area contributed by atoms with Crippen molar-refractivity contribution in [2.45, 2.75) is 59.8 Å². The van der Waals surface area contributed by atoms with Crippen molar-refractivity contribution in [3.8, 4) is 0 Å². The molecule has 0 aromatic carbocycles. The Morgan fingerprint density at radius 1 is 1.28 bits per heavy atom. The lowest BCUT2D eigenvalue weighted by atomic mass is 9.95. The molecule has 0 aromatic rings. The average molecular weight is 256 g/mol. The van der Waals surface area contributed by atoms with Crippen molar-refractivity contribution < 1.29 is 4.79 Å². The van der Waals surface area contributed by atoms with Crippen LogP contribution in [-0.4, -0.2) is 19.0 Å². The SMILES string of the molecule is CCCCC(CC)CNC(=O)C(CN)CC(C)C. The first-order chi connectivity index (χ1) is 8.54. The highest BCUT2D eigenvalue weighted by Crippen LogP contribution is 2.13. The van der Waals surface area contributed by atoms with E-state index in [-0.39, 0.29) is 11.8 Å². The van der Waals surface area contributed by atoms with E-state index < -0.39 is 0 Å². The summed E-state index contributed by atoms with van der Waals surface area (Å²) >= 11 is 0. The van der Waals surface area contributed by atoms with Gasteiger partial charge in [-0.05, 0) is 24.7 Å². The van der Waals surface area contributed by atoms with Gasteiger partial charge in [0.2, 0.25) is 5.91 Å². The van der Waals surface area contributed by atoms with E-state index in [1.807, 2.05) is 0 Å². The molecule has 0 aliphatic carbocycles. The summed E-state index contributed by atoms with van der Waals surface area (Å²) in [5, 5.41) is 3.08. The van der Waals surface area contributed by atoms with Crippen LogP contribution in [-0.2, 0) is 4.79 Å². The van der Waals surface area contributed by atoms with Crippen molar-refractivity contribution >= 4 is 5.91 Å². The van der Waals surface area contributed by atoms with Gasteiger partial charge in [-0.2, -0.15) is 0 Å². The molecule has 0 heterocycles. The molecule has 3 N–H and O–H groups in total. The van der Waals surface area contributed by atoms with Crippen molar-refractivity contribution in [3.05, 3.63) is 0 Å². The van der Waals surface area contributed by atoms with Crippen LogP contribution in [0.3, 0.4) is 0 Å². The topological polar surface area (TPSA) is 55.1 Å². The van der Waals surface area contributed by atoms with Gasteiger partial charge in [0.25, 0.3) is 0 Å². The van der Waals surface area contributed by atoms with E-state index in [0.29, 0.717) is 18.4 Å². The zero-order valence-corrected chi connectivity index (χ0v) is 12.7. The predicted octanol–water partition coefficient (Wildman–Crippen LogP) is 2.94. The largest absolute Gasteiger partial charge is 0.356 e. The molecule has 2 unspecified atom stereocenters. The van der Waals surface area contributed by atoms with Gasteiger partial charge < -0.3 is 11.1 Å². The first kappa shape index (κ1) is 17.4. The molecule has 0 radical (unpaired) electrons. The summed E-state index contributed by atoms with van der Waals surface area (Å²) in [6.45, 7) is 9.93. The fourth-order valence-corrected chi connectivity index (χ4v) is 2.21. The second kappa shape index (κ2) is 10.4. The molecule has 3 heteroatoms. The minimum Gasteiger partial charge on any atom is -0.356 e. The third-order valence-electron chi connectivity index (χ3n) is 3.52. The Morgan fingerprint density at radius 2 is 1.94 bits per heavy atom. The summed E-state index contributed by atoms with van der Waals surface area (Å²) in [7, 11) is 0. The van der Waals surface area contributed by atoms with Gasteiger partial charge in [0.15, 0.2) is 0 Å². The minimum atomic E-state index is -0.0197. The second-order valence-electron chi connectivity index (χ2n) is 5.72. The van der Waals surface area contributed by atoms with Crippen molar-refractivity contribution in [1.29, 1.82) is 0 Å². The Morgan fingerprint density at radius 3 is 2.39 bits per heavy atom. The molecule has 3 nitrogen and oxygen atoms in total. The van der Waals surface area contributed by atoms with Gasteiger partial charge in [-0.25, -0.2) is 0 Å². The lowest BCUT2D eigenvalue weighted by molar-refractivity contribution is -0.125. The zero-order chi connectivity index (χ0) is 14.0. The first-order valence-electron chi connectivity index (χ1n) is 7.52. The molecule has 0 spiro atoms. The molecule has 0 rings (SSSR count). The predicted molar refractivity (Wildman–Crippen MR) is 78.3 cm³/mol. The van der Waals surface area contributed by atoms with Gasteiger partial charge in [0.05, 0.1) is 5.92 Å². The maximum absolute atomic E-state index is 12.0. The number of nitrogens with two attached hydrogens (primary N) is 1. The van der Waals surface area contributed by atoms with Crippen molar-refractivity contribution in [2.24, 2.45) is 23.5 Å². The molecule has 18 heavy (non-hydrogen) atoms. The van der Waals surface area contributed by atoms with E-state index >= 15 is 0 Å². The number of unbranched alkanes of at least 4 members (excludes halogenated alkanes) is 1. The summed E-state index contributed by atoms with van der Waals surface area (Å²) < 4.78 is 0. The van der Waals surface area contributed by atoms with Crippen LogP contribution >= 0.6 is 0 Å². The number of rotatable bonds is 10. The Balaban J connectivity index is 4.03. The molecule has 0 saturated heterocycles. The molecule has 0 aliphatic rings. The van der Waals surface area contributed by atoms with E-state index in [9.17, 15) is 4.79 Å². The van der Waals surface area contributed by atoms with Gasteiger partial charge in [0, 0.05) is 13.1 Å². The Bertz CT molecular complexity index is 217. The monoisotopic (exact) mass is 256 g/mol. The summed E-state index contributed by atoms with van der Waals surface area (Å²) in [4.78, 5) is 12.0. The molecule has 108 valence electrons.